The number of anilines is 1. The molecule has 1 heterocycles. The minimum absolute atomic E-state index is 0.103. The molecular formula is C26H23F3N4O2. The molecule has 0 atom stereocenters. The van der Waals surface area contributed by atoms with Crippen molar-refractivity contribution in [2.75, 3.05) is 5.32 Å². The summed E-state index contributed by atoms with van der Waals surface area (Å²) in [5, 5.41) is 7.23. The number of halogens is 3. The van der Waals surface area contributed by atoms with Gasteiger partial charge < -0.3 is 10.1 Å². The lowest BCUT2D eigenvalue weighted by molar-refractivity contribution is -0.137. The fraction of sp³-hybridized carbons (Fsp3) is 0.192. The highest BCUT2D eigenvalue weighted by Gasteiger charge is 2.30. The maximum Gasteiger partial charge on any atom is 0.416 e. The van der Waals surface area contributed by atoms with Crippen LogP contribution in [-0.2, 0) is 6.18 Å². The van der Waals surface area contributed by atoms with Gasteiger partial charge in [-0.1, -0.05) is 29.8 Å². The normalized spacial score (nSPS) is 11.5. The summed E-state index contributed by atoms with van der Waals surface area (Å²) in [6.07, 6.45) is -4.62. The lowest BCUT2D eigenvalue weighted by Gasteiger charge is -2.10. The maximum atomic E-state index is 13.0. The summed E-state index contributed by atoms with van der Waals surface area (Å²) in [6.45, 7) is 5.59. The summed E-state index contributed by atoms with van der Waals surface area (Å²) < 4.78 is 46.1. The Kier molecular flexibility index (Phi) is 6.59. The average Bonchev–Trinajstić information content (AvgIpc) is 3.22. The van der Waals surface area contributed by atoms with Gasteiger partial charge in [0.1, 0.15) is 0 Å². The number of carbonyl (C=O) groups is 1. The average molecular weight is 480 g/mol. The summed E-state index contributed by atoms with van der Waals surface area (Å²) in [6, 6.07) is 18.9. The second-order valence-electron chi connectivity index (χ2n) is 8.24. The van der Waals surface area contributed by atoms with Gasteiger partial charge in [-0.2, -0.15) is 18.2 Å². The van der Waals surface area contributed by atoms with Gasteiger partial charge in [0.25, 0.3) is 5.91 Å². The second-order valence-corrected chi connectivity index (χ2v) is 8.24. The highest BCUT2D eigenvalue weighted by Crippen LogP contribution is 2.31. The van der Waals surface area contributed by atoms with Crippen molar-refractivity contribution in [3.05, 3.63) is 89.5 Å². The van der Waals surface area contributed by atoms with E-state index in [-0.39, 0.29) is 18.0 Å². The molecule has 4 rings (SSSR count). The zero-order valence-corrected chi connectivity index (χ0v) is 19.3. The molecule has 1 N–H and O–H groups in total. The smallest absolute Gasteiger partial charge is 0.416 e. The zero-order chi connectivity index (χ0) is 25.2. The Morgan fingerprint density at radius 2 is 1.57 bits per heavy atom. The standard InChI is InChI=1S/C26H23F3N4O2/c1-16(2)35-25-31-23(18-8-10-20(11-9-18)26(27,28)29)33(32-25)22-14-12-21(13-15-22)30-24(34)19-6-4-17(3)5-7-19/h4-16H,1-3H3,(H,30,34). The maximum absolute atomic E-state index is 13.0. The molecule has 180 valence electrons. The van der Waals surface area contributed by atoms with Crippen LogP contribution in [0.3, 0.4) is 0 Å². The lowest BCUT2D eigenvalue weighted by Crippen LogP contribution is -2.11. The number of rotatable bonds is 6. The van der Waals surface area contributed by atoms with Crippen LogP contribution in [0.15, 0.2) is 72.8 Å². The summed E-state index contributed by atoms with van der Waals surface area (Å²) in [7, 11) is 0. The number of aromatic nitrogens is 3. The SMILES string of the molecule is Cc1ccc(C(=O)Nc2ccc(-n3nc(OC(C)C)nc3-c3ccc(C(F)(F)F)cc3)cc2)cc1. The number of amides is 1. The van der Waals surface area contributed by atoms with E-state index in [2.05, 4.69) is 15.4 Å². The predicted molar refractivity (Wildman–Crippen MR) is 127 cm³/mol. The zero-order valence-electron chi connectivity index (χ0n) is 19.3. The quantitative estimate of drug-likeness (QED) is 0.352. The molecule has 9 heteroatoms. The monoisotopic (exact) mass is 480 g/mol. The van der Waals surface area contributed by atoms with Crippen LogP contribution in [0.4, 0.5) is 18.9 Å². The van der Waals surface area contributed by atoms with Crippen LogP contribution in [0.1, 0.15) is 35.3 Å². The first-order valence-corrected chi connectivity index (χ1v) is 10.9. The molecule has 0 saturated heterocycles. The van der Waals surface area contributed by atoms with E-state index >= 15 is 0 Å². The van der Waals surface area contributed by atoms with Crippen LogP contribution < -0.4 is 10.1 Å². The second kappa shape index (κ2) is 9.61. The number of ether oxygens (including phenoxy) is 1. The van der Waals surface area contributed by atoms with Crippen LogP contribution in [-0.4, -0.2) is 26.8 Å². The molecule has 3 aromatic carbocycles. The number of hydrogen-bond acceptors (Lipinski definition) is 4. The fourth-order valence-corrected chi connectivity index (χ4v) is 3.32. The van der Waals surface area contributed by atoms with Gasteiger partial charge in [0.15, 0.2) is 5.82 Å². The Labute approximate surface area is 200 Å². The van der Waals surface area contributed by atoms with E-state index in [4.69, 9.17) is 4.74 Å². The Balaban J connectivity index is 1.62. The number of alkyl halides is 3. The van der Waals surface area contributed by atoms with Gasteiger partial charge in [-0.15, -0.1) is 5.10 Å². The van der Waals surface area contributed by atoms with Crippen LogP contribution in [0.2, 0.25) is 0 Å². The van der Waals surface area contributed by atoms with Crippen LogP contribution in [0.25, 0.3) is 17.1 Å². The van der Waals surface area contributed by atoms with Crippen LogP contribution >= 0.6 is 0 Å². The number of carbonyl (C=O) groups excluding carboxylic acids is 1. The summed E-state index contributed by atoms with van der Waals surface area (Å²) >= 11 is 0. The third kappa shape index (κ3) is 5.68. The highest BCUT2D eigenvalue weighted by molar-refractivity contribution is 6.04. The first kappa shape index (κ1) is 24.0. The van der Waals surface area contributed by atoms with Gasteiger partial charge in [-0.25, -0.2) is 4.68 Å². The third-order valence-electron chi connectivity index (χ3n) is 5.08. The Morgan fingerprint density at radius 1 is 0.943 bits per heavy atom. The van der Waals surface area contributed by atoms with Crippen molar-refractivity contribution >= 4 is 11.6 Å². The molecule has 35 heavy (non-hydrogen) atoms. The van der Waals surface area contributed by atoms with Crippen LogP contribution in [0, 0.1) is 6.92 Å². The molecule has 1 aromatic heterocycles. The van der Waals surface area contributed by atoms with E-state index in [0.717, 1.165) is 17.7 Å². The van der Waals surface area contributed by atoms with Gasteiger partial charge in [0.2, 0.25) is 0 Å². The molecule has 0 aliphatic heterocycles. The molecule has 1 amide bonds. The van der Waals surface area contributed by atoms with E-state index < -0.39 is 11.7 Å². The molecule has 0 bridgehead atoms. The number of nitrogens with zero attached hydrogens (tertiary/aromatic N) is 3. The molecule has 0 radical (unpaired) electrons. The first-order valence-electron chi connectivity index (χ1n) is 10.9. The van der Waals surface area contributed by atoms with Gasteiger partial charge in [0.05, 0.1) is 17.4 Å². The molecule has 0 saturated carbocycles. The summed E-state index contributed by atoms with van der Waals surface area (Å²) in [4.78, 5) is 16.9. The number of nitrogens with one attached hydrogen (secondary N) is 1. The highest BCUT2D eigenvalue weighted by atomic mass is 19.4. The van der Waals surface area contributed by atoms with Crippen molar-refractivity contribution < 1.29 is 22.7 Å². The lowest BCUT2D eigenvalue weighted by atomic mass is 10.1. The summed E-state index contributed by atoms with van der Waals surface area (Å²) in [5.74, 6) is 0.0855. The van der Waals surface area contributed by atoms with Gasteiger partial charge in [-0.05, 0) is 69.3 Å². The molecular weight excluding hydrogens is 457 g/mol. The van der Waals surface area contributed by atoms with Crippen molar-refractivity contribution in [2.45, 2.75) is 33.1 Å². The minimum Gasteiger partial charge on any atom is -0.460 e. The number of benzene rings is 3. The molecule has 6 nitrogen and oxygen atoms in total. The largest absolute Gasteiger partial charge is 0.460 e. The molecule has 0 aliphatic rings. The molecule has 0 spiro atoms. The fourth-order valence-electron chi connectivity index (χ4n) is 3.32. The van der Waals surface area contributed by atoms with Crippen LogP contribution in [0.5, 0.6) is 6.01 Å². The number of aryl methyl sites for hydroxylation is 1. The van der Waals surface area contributed by atoms with E-state index in [1.807, 2.05) is 32.9 Å². The molecule has 0 fully saturated rings. The Hall–Kier alpha value is -4.14. The Bertz CT molecular complexity index is 1310. The van der Waals surface area contributed by atoms with Crippen molar-refractivity contribution in [3.63, 3.8) is 0 Å². The summed E-state index contributed by atoms with van der Waals surface area (Å²) in [5.41, 5.74) is 2.47. The molecule has 4 aromatic rings. The first-order chi connectivity index (χ1) is 16.6. The van der Waals surface area contributed by atoms with Crippen molar-refractivity contribution in [1.82, 2.24) is 14.8 Å². The van der Waals surface area contributed by atoms with E-state index in [1.54, 1.807) is 36.4 Å². The van der Waals surface area contributed by atoms with Crippen molar-refractivity contribution in [3.8, 4) is 23.1 Å². The predicted octanol–water partition coefficient (Wildman–Crippen LogP) is 6.30. The van der Waals surface area contributed by atoms with Gasteiger partial charge in [0, 0.05) is 16.8 Å². The topological polar surface area (TPSA) is 69.0 Å². The molecule has 0 aliphatic carbocycles. The van der Waals surface area contributed by atoms with E-state index in [9.17, 15) is 18.0 Å². The van der Waals surface area contributed by atoms with Crippen molar-refractivity contribution in [2.24, 2.45) is 0 Å². The molecule has 0 unspecified atom stereocenters. The van der Waals surface area contributed by atoms with Gasteiger partial charge in [-0.3, -0.25) is 4.79 Å². The van der Waals surface area contributed by atoms with E-state index in [0.29, 0.717) is 28.3 Å². The minimum atomic E-state index is -4.43. The Morgan fingerprint density at radius 3 is 2.14 bits per heavy atom. The van der Waals surface area contributed by atoms with Crippen molar-refractivity contribution in [1.29, 1.82) is 0 Å². The van der Waals surface area contributed by atoms with Gasteiger partial charge >= 0.3 is 12.2 Å². The third-order valence-corrected chi connectivity index (χ3v) is 5.08. The van der Waals surface area contributed by atoms with E-state index in [1.165, 1.54) is 16.8 Å². The number of hydrogen-bond donors (Lipinski definition) is 1.